The highest BCUT2D eigenvalue weighted by molar-refractivity contribution is 5.94. The number of likely N-dealkylation sites (tertiary alicyclic amines) is 1. The Hall–Kier alpha value is -3.07. The highest BCUT2D eigenvalue weighted by Crippen LogP contribution is 2.35. The van der Waals surface area contributed by atoms with E-state index in [-0.39, 0.29) is 24.9 Å². The summed E-state index contributed by atoms with van der Waals surface area (Å²) >= 11 is 0. The Morgan fingerprint density at radius 2 is 1.62 bits per heavy atom. The lowest BCUT2D eigenvalue weighted by molar-refractivity contribution is -0.137. The number of hydrogen-bond acceptors (Lipinski definition) is 4. The zero-order valence-corrected chi connectivity index (χ0v) is 24.8. The molecule has 3 aromatic carbocycles. The van der Waals surface area contributed by atoms with E-state index in [4.69, 9.17) is 4.74 Å². The molecule has 0 saturated carbocycles. The topological polar surface area (TPSA) is 61.8 Å². The standard InChI is InChI=1S/C33H39F3N2O3.ClH/c1-2-24-5-14-30(31(23-24)41-22-21-39)27-15-19-38(20-16-27)18-4-3-17-37-32(40)28-8-6-25(7-9-28)26-10-12-29(13-11-26)33(34,35)36;/h5-14,23,27,39H,2-4,15-22H2,1H3,(H,37,40);1H. The summed E-state index contributed by atoms with van der Waals surface area (Å²) in [7, 11) is 0. The molecule has 9 heteroatoms. The van der Waals surface area contributed by atoms with Gasteiger partial charge >= 0.3 is 6.18 Å². The number of aliphatic hydroxyl groups excluding tert-OH is 1. The average molecular weight is 605 g/mol. The van der Waals surface area contributed by atoms with E-state index in [1.807, 2.05) is 0 Å². The van der Waals surface area contributed by atoms with Crippen molar-refractivity contribution in [3.8, 4) is 16.9 Å². The predicted octanol–water partition coefficient (Wildman–Crippen LogP) is 7.12. The smallest absolute Gasteiger partial charge is 0.416 e. The molecule has 1 amide bonds. The molecule has 1 aliphatic rings. The number of aryl methyl sites for hydroxylation is 1. The second-order valence-corrected chi connectivity index (χ2v) is 10.5. The summed E-state index contributed by atoms with van der Waals surface area (Å²) in [4.78, 5) is 15.0. The van der Waals surface area contributed by atoms with E-state index in [1.54, 1.807) is 24.3 Å². The molecular weight excluding hydrogens is 565 g/mol. The van der Waals surface area contributed by atoms with Crippen molar-refractivity contribution in [1.82, 2.24) is 10.2 Å². The first-order chi connectivity index (χ1) is 19.8. The molecule has 0 aromatic heterocycles. The monoisotopic (exact) mass is 604 g/mol. The number of benzene rings is 3. The molecule has 42 heavy (non-hydrogen) atoms. The minimum Gasteiger partial charge on any atom is -0.491 e. The quantitative estimate of drug-likeness (QED) is 0.216. The summed E-state index contributed by atoms with van der Waals surface area (Å²) in [5.74, 6) is 1.20. The third kappa shape index (κ3) is 9.21. The Morgan fingerprint density at radius 1 is 0.976 bits per heavy atom. The van der Waals surface area contributed by atoms with E-state index in [9.17, 15) is 23.1 Å². The molecule has 0 bridgehead atoms. The van der Waals surface area contributed by atoms with Gasteiger partial charge in [-0.2, -0.15) is 13.2 Å². The summed E-state index contributed by atoms with van der Waals surface area (Å²) in [6.07, 6.45) is 0.605. The molecule has 1 saturated heterocycles. The Bertz CT molecular complexity index is 1260. The number of nitrogens with one attached hydrogen (secondary N) is 1. The molecule has 0 atom stereocenters. The Labute approximate surface area is 252 Å². The fourth-order valence-electron chi connectivity index (χ4n) is 5.31. The summed E-state index contributed by atoms with van der Waals surface area (Å²) < 4.78 is 44.2. The molecule has 1 aliphatic heterocycles. The van der Waals surface area contributed by atoms with Gasteiger partial charge in [0.15, 0.2) is 0 Å². The Morgan fingerprint density at radius 3 is 2.21 bits per heavy atom. The average Bonchev–Trinajstić information content (AvgIpc) is 2.99. The van der Waals surface area contributed by atoms with E-state index >= 15 is 0 Å². The van der Waals surface area contributed by atoms with Crippen molar-refractivity contribution in [2.75, 3.05) is 39.4 Å². The van der Waals surface area contributed by atoms with Crippen molar-refractivity contribution in [3.63, 3.8) is 0 Å². The fraction of sp³-hybridized carbons (Fsp3) is 0.424. The first kappa shape index (κ1) is 33.4. The number of halogens is 4. The van der Waals surface area contributed by atoms with Crippen LogP contribution in [0.3, 0.4) is 0 Å². The normalized spacial score (nSPS) is 14.3. The lowest BCUT2D eigenvalue weighted by Gasteiger charge is -2.33. The zero-order valence-electron chi connectivity index (χ0n) is 24.0. The third-order valence-corrected chi connectivity index (χ3v) is 7.74. The molecule has 3 aromatic rings. The van der Waals surface area contributed by atoms with Crippen LogP contribution in [0.5, 0.6) is 5.75 Å². The molecule has 0 unspecified atom stereocenters. The maximum absolute atomic E-state index is 12.8. The fourth-order valence-corrected chi connectivity index (χ4v) is 5.31. The van der Waals surface area contributed by atoms with E-state index in [0.717, 1.165) is 75.2 Å². The molecule has 228 valence electrons. The number of piperidine rings is 1. The molecule has 0 aliphatic carbocycles. The molecule has 5 nitrogen and oxygen atoms in total. The van der Waals surface area contributed by atoms with Crippen LogP contribution >= 0.6 is 12.4 Å². The summed E-state index contributed by atoms with van der Waals surface area (Å²) in [6.45, 7) is 6.07. The van der Waals surface area contributed by atoms with Gasteiger partial charge in [-0.1, -0.05) is 43.3 Å². The van der Waals surface area contributed by atoms with Crippen molar-refractivity contribution >= 4 is 18.3 Å². The lowest BCUT2D eigenvalue weighted by atomic mass is 9.88. The molecule has 1 fully saturated rings. The van der Waals surface area contributed by atoms with Crippen molar-refractivity contribution in [3.05, 3.63) is 89.0 Å². The highest BCUT2D eigenvalue weighted by atomic mass is 35.5. The number of carbonyl (C=O) groups is 1. The van der Waals surface area contributed by atoms with Gasteiger partial charge < -0.3 is 20.1 Å². The van der Waals surface area contributed by atoms with Gasteiger partial charge in [-0.15, -0.1) is 12.4 Å². The molecule has 4 rings (SSSR count). The summed E-state index contributed by atoms with van der Waals surface area (Å²) in [5.41, 5.74) is 3.74. The number of nitrogens with zero attached hydrogens (tertiary/aromatic N) is 1. The molecular formula is C33H40ClF3N2O3. The van der Waals surface area contributed by atoms with Crippen LogP contribution < -0.4 is 10.1 Å². The summed E-state index contributed by atoms with van der Waals surface area (Å²) in [6, 6.07) is 18.4. The predicted molar refractivity (Wildman–Crippen MR) is 163 cm³/mol. The SMILES string of the molecule is CCc1ccc(C2CCN(CCCCNC(=O)c3ccc(-c4ccc(C(F)(F)F)cc4)cc3)CC2)c(OCCO)c1.Cl. The minimum absolute atomic E-state index is 0. The Balaban J connectivity index is 0.00000484. The lowest BCUT2D eigenvalue weighted by Crippen LogP contribution is -2.34. The first-order valence-electron chi connectivity index (χ1n) is 14.4. The molecule has 0 radical (unpaired) electrons. The molecule has 1 heterocycles. The largest absolute Gasteiger partial charge is 0.491 e. The van der Waals surface area contributed by atoms with Gasteiger partial charge in [0.05, 0.1) is 12.2 Å². The second kappa shape index (κ2) is 16.0. The van der Waals surface area contributed by atoms with E-state index < -0.39 is 11.7 Å². The van der Waals surface area contributed by atoms with Crippen LogP contribution in [0, 0.1) is 0 Å². The number of rotatable bonds is 12. The third-order valence-electron chi connectivity index (χ3n) is 7.74. The number of unbranched alkanes of at least 4 members (excludes halogenated alkanes) is 1. The van der Waals surface area contributed by atoms with Crippen LogP contribution in [0.4, 0.5) is 13.2 Å². The van der Waals surface area contributed by atoms with Gasteiger partial charge in [-0.05, 0) is 110 Å². The summed E-state index contributed by atoms with van der Waals surface area (Å²) in [5, 5.41) is 12.2. The van der Waals surface area contributed by atoms with E-state index in [1.165, 1.54) is 23.3 Å². The molecule has 0 spiro atoms. The van der Waals surface area contributed by atoms with Crippen molar-refractivity contribution in [1.29, 1.82) is 0 Å². The van der Waals surface area contributed by atoms with Gasteiger partial charge in [0.1, 0.15) is 12.4 Å². The molecule has 2 N–H and O–H groups in total. The second-order valence-electron chi connectivity index (χ2n) is 10.5. The van der Waals surface area contributed by atoms with Gasteiger partial charge in [-0.25, -0.2) is 0 Å². The number of hydrogen-bond donors (Lipinski definition) is 2. The van der Waals surface area contributed by atoms with Crippen molar-refractivity contribution in [2.45, 2.75) is 51.1 Å². The van der Waals surface area contributed by atoms with Gasteiger partial charge in [0.25, 0.3) is 5.91 Å². The van der Waals surface area contributed by atoms with Crippen LogP contribution in [-0.4, -0.2) is 55.3 Å². The number of ether oxygens (including phenoxy) is 1. The number of aliphatic hydroxyl groups is 1. The van der Waals surface area contributed by atoms with Crippen LogP contribution in [0.1, 0.15) is 65.6 Å². The zero-order chi connectivity index (χ0) is 29.2. The maximum Gasteiger partial charge on any atom is 0.416 e. The van der Waals surface area contributed by atoms with E-state index in [0.29, 0.717) is 30.2 Å². The van der Waals surface area contributed by atoms with E-state index in [2.05, 4.69) is 35.3 Å². The highest BCUT2D eigenvalue weighted by Gasteiger charge is 2.30. The van der Waals surface area contributed by atoms with Crippen LogP contribution in [0.2, 0.25) is 0 Å². The number of amides is 1. The van der Waals surface area contributed by atoms with Crippen molar-refractivity contribution < 1.29 is 27.8 Å². The maximum atomic E-state index is 12.8. The first-order valence-corrected chi connectivity index (χ1v) is 14.4. The van der Waals surface area contributed by atoms with Gasteiger partial charge in [-0.3, -0.25) is 4.79 Å². The van der Waals surface area contributed by atoms with Crippen LogP contribution in [-0.2, 0) is 12.6 Å². The number of alkyl halides is 3. The minimum atomic E-state index is -4.36. The Kier molecular flexibility index (Phi) is 12.7. The van der Waals surface area contributed by atoms with Crippen LogP contribution in [0.25, 0.3) is 11.1 Å². The van der Waals surface area contributed by atoms with Gasteiger partial charge in [0.2, 0.25) is 0 Å². The number of carbonyl (C=O) groups excluding carboxylic acids is 1. The van der Waals surface area contributed by atoms with Gasteiger partial charge in [0, 0.05) is 12.1 Å². The van der Waals surface area contributed by atoms with Crippen LogP contribution in [0.15, 0.2) is 66.7 Å². The van der Waals surface area contributed by atoms with Crippen molar-refractivity contribution in [2.24, 2.45) is 0 Å².